The number of imide groups is 1. The summed E-state index contributed by atoms with van der Waals surface area (Å²) in [6, 6.07) is 12.0. The van der Waals surface area contributed by atoms with E-state index in [0.717, 1.165) is 16.0 Å². The number of urea groups is 1. The van der Waals surface area contributed by atoms with Crippen LogP contribution in [0.5, 0.6) is 0 Å². The van der Waals surface area contributed by atoms with Gasteiger partial charge in [-0.05, 0) is 44.0 Å². The highest BCUT2D eigenvalue weighted by molar-refractivity contribution is 6.09. The lowest BCUT2D eigenvalue weighted by atomic mass is 9.91. The van der Waals surface area contributed by atoms with Gasteiger partial charge in [0.05, 0.1) is 6.04 Å². The molecule has 2 aromatic rings. The van der Waals surface area contributed by atoms with Crippen LogP contribution in [0.15, 0.2) is 48.5 Å². The zero-order chi connectivity index (χ0) is 20.5. The molecule has 0 aromatic heterocycles. The van der Waals surface area contributed by atoms with Gasteiger partial charge in [-0.2, -0.15) is 0 Å². The van der Waals surface area contributed by atoms with Gasteiger partial charge in [0, 0.05) is 0 Å². The number of hydrogen-bond donors (Lipinski definition) is 2. The molecule has 1 saturated heterocycles. The fourth-order valence-corrected chi connectivity index (χ4v) is 3.19. The summed E-state index contributed by atoms with van der Waals surface area (Å²) in [5.74, 6) is -1.32. The normalized spacial score (nSPS) is 20.1. The monoisotopic (exact) mass is 383 g/mol. The van der Waals surface area contributed by atoms with Gasteiger partial charge in [0.15, 0.2) is 0 Å². The fraction of sp³-hybridized carbons (Fsp3) is 0.286. The van der Waals surface area contributed by atoms with E-state index >= 15 is 0 Å². The Balaban J connectivity index is 1.69. The Morgan fingerprint density at radius 2 is 1.75 bits per heavy atom. The first-order valence-corrected chi connectivity index (χ1v) is 8.97. The van der Waals surface area contributed by atoms with E-state index in [4.69, 9.17) is 0 Å². The Kier molecular flexibility index (Phi) is 5.18. The average molecular weight is 383 g/mol. The summed E-state index contributed by atoms with van der Waals surface area (Å²) in [7, 11) is 0. The molecule has 146 valence electrons. The quantitative estimate of drug-likeness (QED) is 0.780. The van der Waals surface area contributed by atoms with E-state index in [-0.39, 0.29) is 5.82 Å². The van der Waals surface area contributed by atoms with E-state index in [2.05, 4.69) is 10.6 Å². The molecule has 28 heavy (non-hydrogen) atoms. The largest absolute Gasteiger partial charge is 0.348 e. The summed E-state index contributed by atoms with van der Waals surface area (Å²) < 4.78 is 13.0. The van der Waals surface area contributed by atoms with E-state index < -0.39 is 36.0 Å². The molecular weight excluding hydrogens is 361 g/mol. The third-order valence-electron chi connectivity index (χ3n) is 4.95. The van der Waals surface area contributed by atoms with Crippen molar-refractivity contribution in [3.8, 4) is 0 Å². The van der Waals surface area contributed by atoms with Crippen LogP contribution in [-0.4, -0.2) is 29.3 Å². The molecule has 1 heterocycles. The maximum atomic E-state index is 13.0. The SMILES string of the molecule is Cc1ccc([C@]2(C)NC(=O)N(CC(=O)N[C@@H](C)c3ccc(F)cc3)C2=O)cc1. The molecule has 0 saturated carbocycles. The molecule has 6 nitrogen and oxygen atoms in total. The first-order valence-electron chi connectivity index (χ1n) is 8.97. The Morgan fingerprint density at radius 3 is 2.36 bits per heavy atom. The standard InChI is InChI=1S/C21H22FN3O3/c1-13-4-8-16(9-5-13)21(3)19(27)25(20(28)24-21)12-18(26)23-14(2)15-6-10-17(22)11-7-15/h4-11,14H,12H2,1-3H3,(H,23,26)(H,24,28)/t14-,21-/m0/s1. The van der Waals surface area contributed by atoms with Crippen molar-refractivity contribution >= 4 is 17.8 Å². The van der Waals surface area contributed by atoms with Crippen molar-refractivity contribution in [3.63, 3.8) is 0 Å². The summed E-state index contributed by atoms with van der Waals surface area (Å²) in [4.78, 5) is 38.5. The Hall–Kier alpha value is -3.22. The second-order valence-electron chi connectivity index (χ2n) is 7.15. The zero-order valence-electron chi connectivity index (χ0n) is 16.0. The first-order chi connectivity index (χ1) is 13.2. The third-order valence-corrected chi connectivity index (χ3v) is 4.95. The van der Waals surface area contributed by atoms with E-state index in [1.807, 2.05) is 19.1 Å². The molecule has 2 atom stereocenters. The molecule has 2 aromatic carbocycles. The predicted molar refractivity (Wildman–Crippen MR) is 102 cm³/mol. The van der Waals surface area contributed by atoms with Crippen molar-refractivity contribution in [1.29, 1.82) is 0 Å². The maximum Gasteiger partial charge on any atom is 0.325 e. The first kappa shape index (κ1) is 19.5. The minimum atomic E-state index is -1.21. The Morgan fingerprint density at radius 1 is 1.14 bits per heavy atom. The molecule has 1 aliphatic heterocycles. The highest BCUT2D eigenvalue weighted by atomic mass is 19.1. The predicted octanol–water partition coefficient (Wildman–Crippen LogP) is 2.78. The molecule has 0 aliphatic carbocycles. The molecule has 0 radical (unpaired) electrons. The van der Waals surface area contributed by atoms with Gasteiger partial charge in [0.25, 0.3) is 5.91 Å². The number of halogens is 1. The van der Waals surface area contributed by atoms with Gasteiger partial charge >= 0.3 is 6.03 Å². The van der Waals surface area contributed by atoms with E-state index in [0.29, 0.717) is 5.56 Å². The summed E-state index contributed by atoms with van der Waals surface area (Å²) >= 11 is 0. The average Bonchev–Trinajstić information content (AvgIpc) is 2.86. The third kappa shape index (κ3) is 3.74. The van der Waals surface area contributed by atoms with Gasteiger partial charge in [0.1, 0.15) is 17.9 Å². The van der Waals surface area contributed by atoms with Gasteiger partial charge in [-0.1, -0.05) is 42.0 Å². The summed E-state index contributed by atoms with van der Waals surface area (Å²) in [5.41, 5.74) is 1.19. The molecule has 0 unspecified atom stereocenters. The smallest absolute Gasteiger partial charge is 0.325 e. The lowest BCUT2D eigenvalue weighted by molar-refractivity contribution is -0.135. The maximum absolute atomic E-state index is 13.0. The number of carbonyl (C=O) groups excluding carboxylic acids is 3. The zero-order valence-corrected chi connectivity index (χ0v) is 16.0. The molecule has 1 aliphatic rings. The van der Waals surface area contributed by atoms with Gasteiger partial charge in [-0.3, -0.25) is 14.5 Å². The molecule has 1 fully saturated rings. The van der Waals surface area contributed by atoms with Crippen LogP contribution in [0.2, 0.25) is 0 Å². The van der Waals surface area contributed by atoms with Crippen molar-refractivity contribution in [1.82, 2.24) is 15.5 Å². The molecular formula is C21H22FN3O3. The van der Waals surface area contributed by atoms with Crippen LogP contribution in [0.4, 0.5) is 9.18 Å². The highest BCUT2D eigenvalue weighted by Crippen LogP contribution is 2.29. The van der Waals surface area contributed by atoms with Crippen molar-refractivity contribution in [3.05, 3.63) is 71.0 Å². The molecule has 0 bridgehead atoms. The van der Waals surface area contributed by atoms with E-state index in [1.54, 1.807) is 38.1 Å². The van der Waals surface area contributed by atoms with Crippen LogP contribution in [0.3, 0.4) is 0 Å². The number of rotatable bonds is 5. The van der Waals surface area contributed by atoms with Crippen LogP contribution in [0.1, 0.15) is 36.6 Å². The molecule has 2 N–H and O–H groups in total. The van der Waals surface area contributed by atoms with Crippen LogP contribution in [-0.2, 0) is 15.1 Å². The number of carbonyl (C=O) groups is 3. The Labute approximate surface area is 162 Å². The van der Waals surface area contributed by atoms with Crippen LogP contribution >= 0.6 is 0 Å². The molecule has 3 rings (SSSR count). The van der Waals surface area contributed by atoms with Gasteiger partial charge in [0.2, 0.25) is 5.91 Å². The molecule has 4 amide bonds. The van der Waals surface area contributed by atoms with Crippen molar-refractivity contribution in [2.24, 2.45) is 0 Å². The number of amides is 4. The van der Waals surface area contributed by atoms with Crippen molar-refractivity contribution in [2.45, 2.75) is 32.4 Å². The second kappa shape index (κ2) is 7.42. The van der Waals surface area contributed by atoms with Crippen LogP contribution < -0.4 is 10.6 Å². The minimum absolute atomic E-state index is 0.364. The summed E-state index contributed by atoms with van der Waals surface area (Å²) in [6.07, 6.45) is 0. The number of benzene rings is 2. The van der Waals surface area contributed by atoms with E-state index in [1.165, 1.54) is 12.1 Å². The van der Waals surface area contributed by atoms with Gasteiger partial charge < -0.3 is 10.6 Å². The second-order valence-corrected chi connectivity index (χ2v) is 7.15. The highest BCUT2D eigenvalue weighted by Gasteiger charge is 2.49. The Bertz CT molecular complexity index is 911. The number of nitrogens with one attached hydrogen (secondary N) is 2. The lowest BCUT2D eigenvalue weighted by Gasteiger charge is -2.22. The van der Waals surface area contributed by atoms with Gasteiger partial charge in [-0.15, -0.1) is 0 Å². The number of hydrogen-bond acceptors (Lipinski definition) is 3. The lowest BCUT2D eigenvalue weighted by Crippen LogP contribution is -2.43. The molecule has 7 heteroatoms. The van der Waals surface area contributed by atoms with Crippen molar-refractivity contribution < 1.29 is 18.8 Å². The summed E-state index contributed by atoms with van der Waals surface area (Å²) in [6.45, 7) is 4.90. The minimum Gasteiger partial charge on any atom is -0.348 e. The topological polar surface area (TPSA) is 78.5 Å². The number of aryl methyl sites for hydroxylation is 1. The van der Waals surface area contributed by atoms with Crippen molar-refractivity contribution in [2.75, 3.05) is 6.54 Å². The van der Waals surface area contributed by atoms with Gasteiger partial charge in [-0.25, -0.2) is 9.18 Å². The molecule has 0 spiro atoms. The fourth-order valence-electron chi connectivity index (χ4n) is 3.19. The van der Waals surface area contributed by atoms with Crippen LogP contribution in [0, 0.1) is 12.7 Å². The summed E-state index contributed by atoms with van der Waals surface area (Å²) in [5, 5.41) is 5.40. The van der Waals surface area contributed by atoms with Crippen LogP contribution in [0.25, 0.3) is 0 Å². The number of nitrogens with zero attached hydrogens (tertiary/aromatic N) is 1. The van der Waals surface area contributed by atoms with E-state index in [9.17, 15) is 18.8 Å².